The van der Waals surface area contributed by atoms with Gasteiger partial charge in [-0.1, -0.05) is 30.3 Å². The summed E-state index contributed by atoms with van der Waals surface area (Å²) in [6.45, 7) is 2.07. The number of tetrazole rings is 1. The monoisotopic (exact) mass is 243 g/mol. The summed E-state index contributed by atoms with van der Waals surface area (Å²) >= 11 is 0. The van der Waals surface area contributed by atoms with Crippen molar-refractivity contribution in [3.05, 3.63) is 41.7 Å². The fourth-order valence-electron chi connectivity index (χ4n) is 2.36. The average Bonchev–Trinajstić information content (AvgIpc) is 3.08. The minimum atomic E-state index is 0.178. The average molecular weight is 243 g/mol. The van der Waals surface area contributed by atoms with Gasteiger partial charge in [-0.25, -0.2) is 4.68 Å². The molecule has 5 nitrogen and oxygen atoms in total. The van der Waals surface area contributed by atoms with Crippen LogP contribution < -0.4 is 5.32 Å². The molecule has 1 N–H and O–H groups in total. The number of nitrogens with zero attached hydrogens (tertiary/aromatic N) is 4. The Morgan fingerprint density at radius 2 is 2.11 bits per heavy atom. The lowest BCUT2D eigenvalue weighted by Crippen LogP contribution is -2.18. The van der Waals surface area contributed by atoms with Gasteiger partial charge in [-0.3, -0.25) is 0 Å². The molecular formula is C13H17N5. The van der Waals surface area contributed by atoms with Crippen LogP contribution in [0.5, 0.6) is 0 Å². The first-order valence-corrected chi connectivity index (χ1v) is 6.31. The molecule has 1 heterocycles. The normalized spacial score (nSPS) is 23.9. The molecule has 1 saturated carbocycles. The van der Waals surface area contributed by atoms with Gasteiger partial charge in [0.1, 0.15) is 0 Å². The zero-order chi connectivity index (χ0) is 12.5. The highest BCUT2D eigenvalue weighted by molar-refractivity contribution is 5.27. The molecule has 1 aromatic carbocycles. The molecule has 0 saturated heterocycles. The van der Waals surface area contributed by atoms with Crippen LogP contribution in [-0.4, -0.2) is 27.3 Å². The smallest absolute Gasteiger partial charge is 0.168 e. The molecule has 1 aliphatic rings. The zero-order valence-corrected chi connectivity index (χ0v) is 10.6. The molecule has 3 unspecified atom stereocenters. The Balaban J connectivity index is 1.81. The van der Waals surface area contributed by atoms with E-state index in [4.69, 9.17) is 0 Å². The van der Waals surface area contributed by atoms with Crippen LogP contribution in [0.1, 0.15) is 42.7 Å². The molecule has 0 spiro atoms. The van der Waals surface area contributed by atoms with Gasteiger partial charge in [0.25, 0.3) is 0 Å². The number of benzene rings is 1. The lowest BCUT2D eigenvalue weighted by Gasteiger charge is -2.10. The predicted octanol–water partition coefficient (Wildman–Crippen LogP) is 1.68. The quantitative estimate of drug-likeness (QED) is 0.887. The Morgan fingerprint density at radius 3 is 2.83 bits per heavy atom. The molecule has 94 valence electrons. The number of aromatic nitrogens is 4. The van der Waals surface area contributed by atoms with E-state index in [0.29, 0.717) is 12.0 Å². The second-order valence-electron chi connectivity index (χ2n) is 4.81. The van der Waals surface area contributed by atoms with Crippen LogP contribution in [0.3, 0.4) is 0 Å². The molecule has 18 heavy (non-hydrogen) atoms. The fraction of sp³-hybridized carbons (Fsp3) is 0.462. The van der Waals surface area contributed by atoms with Gasteiger partial charge in [-0.15, -0.1) is 5.10 Å². The summed E-state index contributed by atoms with van der Waals surface area (Å²) in [6.07, 6.45) is 1.12. The first-order chi connectivity index (χ1) is 8.81. The molecule has 1 aromatic heterocycles. The topological polar surface area (TPSA) is 55.6 Å². The Hall–Kier alpha value is -1.75. The van der Waals surface area contributed by atoms with Gasteiger partial charge in [0.15, 0.2) is 5.82 Å². The van der Waals surface area contributed by atoms with Crippen LogP contribution in [0.25, 0.3) is 0 Å². The first-order valence-electron chi connectivity index (χ1n) is 6.31. The maximum absolute atomic E-state index is 4.14. The number of hydrogen-bond acceptors (Lipinski definition) is 4. The van der Waals surface area contributed by atoms with Crippen molar-refractivity contribution in [2.75, 3.05) is 7.05 Å². The van der Waals surface area contributed by atoms with Crippen LogP contribution >= 0.6 is 0 Å². The number of rotatable bonds is 4. The van der Waals surface area contributed by atoms with Crippen LogP contribution in [0.4, 0.5) is 0 Å². The maximum Gasteiger partial charge on any atom is 0.168 e. The molecule has 1 aliphatic carbocycles. The van der Waals surface area contributed by atoms with Crippen molar-refractivity contribution >= 4 is 0 Å². The second kappa shape index (κ2) is 4.49. The third-order valence-electron chi connectivity index (χ3n) is 3.64. The van der Waals surface area contributed by atoms with Gasteiger partial charge in [0.2, 0.25) is 0 Å². The van der Waals surface area contributed by atoms with Crippen molar-refractivity contribution in [1.29, 1.82) is 0 Å². The van der Waals surface area contributed by atoms with Gasteiger partial charge >= 0.3 is 0 Å². The van der Waals surface area contributed by atoms with E-state index in [1.165, 1.54) is 5.56 Å². The molecule has 3 rings (SSSR count). The summed E-state index contributed by atoms with van der Waals surface area (Å²) in [5.74, 6) is 1.47. The Bertz CT molecular complexity index is 521. The summed E-state index contributed by atoms with van der Waals surface area (Å²) in [4.78, 5) is 0. The fourth-order valence-corrected chi connectivity index (χ4v) is 2.36. The van der Waals surface area contributed by atoms with Gasteiger partial charge in [0.05, 0.1) is 12.1 Å². The number of nitrogens with one attached hydrogen (secondary N) is 1. The standard InChI is InChI=1S/C13H17N5/c1-9(14-2)13-15-16-17-18(13)12-8-11(12)10-6-4-3-5-7-10/h3-7,9,11-12,14H,8H2,1-2H3. The van der Waals surface area contributed by atoms with E-state index in [1.807, 2.05) is 17.8 Å². The molecule has 0 bridgehead atoms. The molecule has 1 fully saturated rings. The van der Waals surface area contributed by atoms with E-state index in [2.05, 4.69) is 52.0 Å². The van der Waals surface area contributed by atoms with Gasteiger partial charge in [0, 0.05) is 5.92 Å². The van der Waals surface area contributed by atoms with Crippen molar-refractivity contribution < 1.29 is 0 Å². The van der Waals surface area contributed by atoms with Gasteiger partial charge in [-0.2, -0.15) is 0 Å². The second-order valence-corrected chi connectivity index (χ2v) is 4.81. The van der Waals surface area contributed by atoms with Crippen molar-refractivity contribution in [2.24, 2.45) is 0 Å². The van der Waals surface area contributed by atoms with E-state index in [-0.39, 0.29) is 6.04 Å². The molecule has 0 amide bonds. The SMILES string of the molecule is CNC(C)c1nnnn1C1CC1c1ccccc1. The maximum atomic E-state index is 4.14. The third-order valence-corrected chi connectivity index (χ3v) is 3.64. The first kappa shape index (κ1) is 11.3. The van der Waals surface area contributed by atoms with Crippen LogP contribution in [0.15, 0.2) is 30.3 Å². The number of hydrogen-bond donors (Lipinski definition) is 1. The van der Waals surface area contributed by atoms with E-state index in [1.54, 1.807) is 0 Å². The predicted molar refractivity (Wildman–Crippen MR) is 68.1 cm³/mol. The molecule has 2 aromatic rings. The van der Waals surface area contributed by atoms with Gasteiger partial charge < -0.3 is 5.32 Å². The summed E-state index contributed by atoms with van der Waals surface area (Å²) < 4.78 is 1.97. The molecule has 3 atom stereocenters. The molecule has 0 aliphatic heterocycles. The van der Waals surface area contributed by atoms with E-state index < -0.39 is 0 Å². The lowest BCUT2D eigenvalue weighted by molar-refractivity contribution is 0.514. The highest BCUT2D eigenvalue weighted by Crippen LogP contribution is 2.51. The van der Waals surface area contributed by atoms with Crippen LogP contribution in [0, 0.1) is 0 Å². The third kappa shape index (κ3) is 1.90. The molecular weight excluding hydrogens is 226 g/mol. The summed E-state index contributed by atoms with van der Waals surface area (Å²) in [5, 5.41) is 15.2. The summed E-state index contributed by atoms with van der Waals surface area (Å²) in [5.41, 5.74) is 1.38. The zero-order valence-electron chi connectivity index (χ0n) is 10.6. The van der Waals surface area contributed by atoms with Crippen LogP contribution in [-0.2, 0) is 0 Å². The minimum Gasteiger partial charge on any atom is -0.311 e. The highest BCUT2D eigenvalue weighted by atomic mass is 15.6. The molecule has 5 heteroatoms. The summed E-state index contributed by atoms with van der Waals surface area (Å²) in [7, 11) is 1.92. The van der Waals surface area contributed by atoms with Crippen LogP contribution in [0.2, 0.25) is 0 Å². The van der Waals surface area contributed by atoms with E-state index in [0.717, 1.165) is 12.2 Å². The highest BCUT2D eigenvalue weighted by Gasteiger charge is 2.42. The Kier molecular flexibility index (Phi) is 2.83. The van der Waals surface area contributed by atoms with E-state index in [9.17, 15) is 0 Å². The Labute approximate surface area is 106 Å². The lowest BCUT2D eigenvalue weighted by atomic mass is 10.1. The Morgan fingerprint density at radius 1 is 1.33 bits per heavy atom. The van der Waals surface area contributed by atoms with Crippen molar-refractivity contribution in [1.82, 2.24) is 25.5 Å². The largest absolute Gasteiger partial charge is 0.311 e. The van der Waals surface area contributed by atoms with E-state index >= 15 is 0 Å². The molecule has 0 radical (unpaired) electrons. The van der Waals surface area contributed by atoms with Crippen molar-refractivity contribution in [2.45, 2.75) is 31.3 Å². The van der Waals surface area contributed by atoms with Crippen molar-refractivity contribution in [3.63, 3.8) is 0 Å². The minimum absolute atomic E-state index is 0.178. The summed E-state index contributed by atoms with van der Waals surface area (Å²) in [6, 6.07) is 11.2. The van der Waals surface area contributed by atoms with Crippen molar-refractivity contribution in [3.8, 4) is 0 Å². The van der Waals surface area contributed by atoms with Gasteiger partial charge in [-0.05, 0) is 36.4 Å².